The molecular weight excluding hydrogens is 366 g/mol. The monoisotopic (exact) mass is 396 g/mol. The Morgan fingerprint density at radius 1 is 1.30 bits per heavy atom. The molecule has 0 radical (unpaired) electrons. The molecule has 2 aliphatic rings. The lowest BCUT2D eigenvalue weighted by molar-refractivity contribution is -0.895. The number of sulfonamides is 1. The standard InChI is InChI=1S/C19H29N3O4S/c1-15-5-6-18(16(2)12-15)27(24,25)22-9-7-21(8-10-22)14-19(23)20-13-17-4-3-11-26-17/h5-6,12,17H,3-4,7-11,13-14H2,1-2H3,(H,20,23)/p+1/t17-/m0/s1. The summed E-state index contributed by atoms with van der Waals surface area (Å²) >= 11 is 0. The van der Waals surface area contributed by atoms with Gasteiger partial charge in [0.2, 0.25) is 10.0 Å². The molecule has 1 amide bonds. The first kappa shape index (κ1) is 20.3. The van der Waals surface area contributed by atoms with Crippen molar-refractivity contribution in [3.63, 3.8) is 0 Å². The van der Waals surface area contributed by atoms with Gasteiger partial charge in [-0.25, -0.2) is 8.42 Å². The Balaban J connectivity index is 1.49. The summed E-state index contributed by atoms with van der Waals surface area (Å²) in [6.07, 6.45) is 2.20. The predicted octanol–water partition coefficient (Wildman–Crippen LogP) is -0.512. The van der Waals surface area contributed by atoms with Crippen molar-refractivity contribution in [3.05, 3.63) is 29.3 Å². The van der Waals surface area contributed by atoms with Crippen LogP contribution in [-0.4, -0.2) is 70.6 Å². The highest BCUT2D eigenvalue weighted by atomic mass is 32.2. The number of piperazine rings is 1. The third-order valence-electron chi connectivity index (χ3n) is 5.34. The maximum absolute atomic E-state index is 12.9. The van der Waals surface area contributed by atoms with Crippen LogP contribution in [0, 0.1) is 13.8 Å². The van der Waals surface area contributed by atoms with E-state index in [1.54, 1.807) is 10.4 Å². The Morgan fingerprint density at radius 2 is 2.04 bits per heavy atom. The molecule has 0 spiro atoms. The van der Waals surface area contributed by atoms with Gasteiger partial charge in [-0.2, -0.15) is 4.31 Å². The highest BCUT2D eigenvalue weighted by Crippen LogP contribution is 2.20. The van der Waals surface area contributed by atoms with Crippen LogP contribution < -0.4 is 10.2 Å². The van der Waals surface area contributed by atoms with Crippen LogP contribution in [0.5, 0.6) is 0 Å². The minimum Gasteiger partial charge on any atom is -0.376 e. The van der Waals surface area contributed by atoms with Crippen LogP contribution in [0.4, 0.5) is 0 Å². The molecule has 2 aliphatic heterocycles. The third-order valence-corrected chi connectivity index (χ3v) is 7.40. The Bertz CT molecular complexity index is 767. The van der Waals surface area contributed by atoms with Gasteiger partial charge in [0.15, 0.2) is 6.54 Å². The fourth-order valence-electron chi connectivity index (χ4n) is 3.77. The molecule has 2 heterocycles. The van der Waals surface area contributed by atoms with Gasteiger partial charge in [0.05, 0.1) is 37.2 Å². The Kier molecular flexibility index (Phi) is 6.52. The van der Waals surface area contributed by atoms with E-state index in [9.17, 15) is 13.2 Å². The molecule has 2 saturated heterocycles. The van der Waals surface area contributed by atoms with E-state index in [-0.39, 0.29) is 12.0 Å². The molecule has 0 bridgehead atoms. The zero-order chi connectivity index (χ0) is 19.4. The van der Waals surface area contributed by atoms with Gasteiger partial charge in [-0.1, -0.05) is 17.7 Å². The maximum Gasteiger partial charge on any atom is 0.275 e. The number of quaternary nitrogens is 1. The zero-order valence-electron chi connectivity index (χ0n) is 16.2. The molecule has 1 atom stereocenters. The first-order valence-electron chi connectivity index (χ1n) is 9.65. The lowest BCUT2D eigenvalue weighted by Crippen LogP contribution is -3.15. The number of hydrogen-bond donors (Lipinski definition) is 2. The van der Waals surface area contributed by atoms with Gasteiger partial charge in [0.1, 0.15) is 0 Å². The molecule has 0 aromatic heterocycles. The minimum absolute atomic E-state index is 0.00573. The van der Waals surface area contributed by atoms with Gasteiger partial charge in [0.25, 0.3) is 5.91 Å². The molecule has 8 heteroatoms. The van der Waals surface area contributed by atoms with Crippen LogP contribution in [0.3, 0.4) is 0 Å². The first-order valence-corrected chi connectivity index (χ1v) is 11.1. The van der Waals surface area contributed by atoms with Gasteiger partial charge in [-0.15, -0.1) is 0 Å². The fraction of sp³-hybridized carbons (Fsp3) is 0.632. The summed E-state index contributed by atoms with van der Waals surface area (Å²) < 4.78 is 32.9. The molecule has 27 heavy (non-hydrogen) atoms. The number of carbonyl (C=O) groups excluding carboxylic acids is 1. The van der Waals surface area contributed by atoms with Crippen molar-refractivity contribution < 1.29 is 22.8 Å². The van der Waals surface area contributed by atoms with Gasteiger partial charge in [0, 0.05) is 13.2 Å². The number of aryl methyl sites for hydroxylation is 2. The average molecular weight is 397 g/mol. The molecule has 0 unspecified atom stereocenters. The molecule has 1 aromatic rings. The van der Waals surface area contributed by atoms with Crippen LogP contribution >= 0.6 is 0 Å². The Hall–Kier alpha value is -1.48. The summed E-state index contributed by atoms with van der Waals surface area (Å²) in [5.74, 6) is 0.00573. The summed E-state index contributed by atoms with van der Waals surface area (Å²) in [7, 11) is -3.48. The molecule has 1 aromatic carbocycles. The number of nitrogens with zero attached hydrogens (tertiary/aromatic N) is 1. The second-order valence-corrected chi connectivity index (χ2v) is 9.45. The normalized spacial score (nSPS) is 22.1. The van der Waals surface area contributed by atoms with Gasteiger partial charge in [-0.05, 0) is 38.3 Å². The Labute approximate surface area is 161 Å². The summed E-state index contributed by atoms with van der Waals surface area (Å²) in [5.41, 5.74) is 1.83. The fourth-order valence-corrected chi connectivity index (χ4v) is 5.42. The number of nitrogens with one attached hydrogen (secondary N) is 2. The number of benzene rings is 1. The number of hydrogen-bond acceptors (Lipinski definition) is 4. The topological polar surface area (TPSA) is 80.2 Å². The number of ether oxygens (including phenoxy) is 1. The smallest absolute Gasteiger partial charge is 0.275 e. The van der Waals surface area contributed by atoms with E-state index in [1.165, 1.54) is 0 Å². The minimum atomic E-state index is -3.48. The van der Waals surface area contributed by atoms with Crippen molar-refractivity contribution in [2.24, 2.45) is 0 Å². The van der Waals surface area contributed by atoms with Gasteiger partial charge >= 0.3 is 0 Å². The average Bonchev–Trinajstić information content (AvgIpc) is 3.14. The molecule has 3 rings (SSSR count). The van der Waals surface area contributed by atoms with E-state index in [0.717, 1.165) is 35.5 Å². The molecule has 7 nitrogen and oxygen atoms in total. The summed E-state index contributed by atoms with van der Waals surface area (Å²) in [6, 6.07) is 5.42. The van der Waals surface area contributed by atoms with E-state index >= 15 is 0 Å². The number of rotatable bonds is 6. The van der Waals surface area contributed by atoms with Crippen LogP contribution in [-0.2, 0) is 19.6 Å². The van der Waals surface area contributed by atoms with E-state index in [1.807, 2.05) is 26.0 Å². The van der Waals surface area contributed by atoms with Crippen molar-refractivity contribution in [2.45, 2.75) is 37.7 Å². The molecule has 150 valence electrons. The lowest BCUT2D eigenvalue weighted by Gasteiger charge is -2.31. The second kappa shape index (κ2) is 8.68. The maximum atomic E-state index is 12.9. The van der Waals surface area contributed by atoms with Crippen LogP contribution in [0.15, 0.2) is 23.1 Å². The molecular formula is C19H30N3O4S+. The predicted molar refractivity (Wildman–Crippen MR) is 102 cm³/mol. The molecule has 2 fully saturated rings. The van der Waals surface area contributed by atoms with Crippen molar-refractivity contribution in [2.75, 3.05) is 45.9 Å². The number of amides is 1. The van der Waals surface area contributed by atoms with Crippen molar-refractivity contribution in [1.29, 1.82) is 0 Å². The molecule has 0 saturated carbocycles. The highest BCUT2D eigenvalue weighted by Gasteiger charge is 2.32. The van der Waals surface area contributed by atoms with E-state index < -0.39 is 10.0 Å². The Morgan fingerprint density at radius 3 is 2.67 bits per heavy atom. The van der Waals surface area contributed by atoms with Crippen molar-refractivity contribution in [1.82, 2.24) is 9.62 Å². The molecule has 0 aliphatic carbocycles. The van der Waals surface area contributed by atoms with E-state index in [2.05, 4.69) is 5.32 Å². The van der Waals surface area contributed by atoms with Crippen LogP contribution in [0.1, 0.15) is 24.0 Å². The summed E-state index contributed by atoms with van der Waals surface area (Å²) in [5, 5.41) is 2.94. The second-order valence-electron chi connectivity index (χ2n) is 7.54. The third kappa shape index (κ3) is 5.07. The lowest BCUT2D eigenvalue weighted by atomic mass is 10.2. The van der Waals surface area contributed by atoms with Crippen LogP contribution in [0.2, 0.25) is 0 Å². The summed E-state index contributed by atoms with van der Waals surface area (Å²) in [4.78, 5) is 13.6. The zero-order valence-corrected chi connectivity index (χ0v) is 17.0. The largest absolute Gasteiger partial charge is 0.376 e. The van der Waals surface area contributed by atoms with E-state index in [4.69, 9.17) is 4.74 Å². The van der Waals surface area contributed by atoms with Crippen molar-refractivity contribution >= 4 is 15.9 Å². The van der Waals surface area contributed by atoms with E-state index in [0.29, 0.717) is 44.2 Å². The summed E-state index contributed by atoms with van der Waals surface area (Å²) in [6.45, 7) is 7.66. The quantitative estimate of drug-likeness (QED) is 0.679. The molecule has 2 N–H and O–H groups in total. The highest BCUT2D eigenvalue weighted by molar-refractivity contribution is 7.89. The number of carbonyl (C=O) groups is 1. The first-order chi connectivity index (χ1) is 12.9. The van der Waals surface area contributed by atoms with Gasteiger partial charge < -0.3 is 15.0 Å². The van der Waals surface area contributed by atoms with Crippen LogP contribution in [0.25, 0.3) is 0 Å². The van der Waals surface area contributed by atoms with Crippen molar-refractivity contribution in [3.8, 4) is 0 Å². The van der Waals surface area contributed by atoms with Gasteiger partial charge in [-0.3, -0.25) is 4.79 Å². The SMILES string of the molecule is Cc1ccc(S(=O)(=O)N2CC[NH+](CC(=O)NC[C@@H]3CCCO3)CC2)c(C)c1.